The Morgan fingerprint density at radius 3 is 0.765 bits per heavy atom. The van der Waals surface area contributed by atoms with E-state index in [1.165, 1.54) is 13.8 Å². The maximum absolute atomic E-state index is 13.3. The molecule has 0 radical (unpaired) electrons. The first-order chi connectivity index (χ1) is 62.4. The minimum Gasteiger partial charge on any atom is -0.394 e. The summed E-state index contributed by atoms with van der Waals surface area (Å²) in [5.41, 5.74) is 0. The highest BCUT2D eigenvalue weighted by molar-refractivity contribution is 5.74. The van der Waals surface area contributed by atoms with E-state index in [1.807, 2.05) is 0 Å². The predicted molar refractivity (Wildman–Crippen MR) is 406 cm³/mol. The second-order valence-corrected chi connectivity index (χ2v) is 33.7. The molecule has 0 saturated carbocycles. The number of carbonyl (C=O) groups excluding carboxylic acids is 4. The summed E-state index contributed by atoms with van der Waals surface area (Å²) in [6, 6.07) is -7.75. The van der Waals surface area contributed by atoms with Crippen molar-refractivity contribution in [3.8, 4) is 0 Å². The first kappa shape index (κ1) is 108. The molecule has 11 saturated heterocycles. The van der Waals surface area contributed by atoms with Crippen LogP contribution in [0.25, 0.3) is 0 Å². The predicted octanol–water partition coefficient (Wildman–Crippen LogP) is -22.3. The molecule has 132 heavy (non-hydrogen) atoms. The van der Waals surface area contributed by atoms with Crippen LogP contribution in [0.4, 0.5) is 0 Å². The molecule has 0 aromatic heterocycles. The molecular weight excluding hydrogens is 1810 g/mol. The zero-order valence-corrected chi connectivity index (χ0v) is 71.3. The second-order valence-electron chi connectivity index (χ2n) is 33.7. The van der Waals surface area contributed by atoms with Gasteiger partial charge in [0, 0.05) is 27.7 Å². The lowest BCUT2D eigenvalue weighted by molar-refractivity contribution is -0.402. The molecule has 11 rings (SSSR count). The average molecular weight is 1930 g/mol. The van der Waals surface area contributed by atoms with Crippen LogP contribution in [0.15, 0.2) is 0 Å². The zero-order valence-electron chi connectivity index (χ0n) is 71.3. The van der Waals surface area contributed by atoms with E-state index in [2.05, 4.69) is 21.3 Å². The minimum absolute atomic E-state index is 0.810. The van der Waals surface area contributed by atoms with Gasteiger partial charge in [0.05, 0.1) is 71.7 Å². The number of rotatable bonds is 33. The molecule has 33 N–H and O–H groups in total. The van der Waals surface area contributed by atoms with Gasteiger partial charge in [-0.25, -0.2) is 0 Å². The summed E-state index contributed by atoms with van der Waals surface area (Å²) in [5.74, 6) is -3.80. The summed E-state index contributed by atoms with van der Waals surface area (Å²) >= 11 is 0. The van der Waals surface area contributed by atoms with E-state index in [0.29, 0.717) is 0 Å². The van der Waals surface area contributed by atoms with Crippen LogP contribution in [0.2, 0.25) is 0 Å². The van der Waals surface area contributed by atoms with E-state index in [-0.39, 0.29) is 0 Å². The van der Waals surface area contributed by atoms with Crippen LogP contribution in [0.1, 0.15) is 41.5 Å². The highest BCUT2D eigenvalue weighted by atomic mass is 16.8. The molecule has 0 aliphatic carbocycles. The largest absolute Gasteiger partial charge is 0.394 e. The third-order valence-corrected chi connectivity index (χ3v) is 24.5. The van der Waals surface area contributed by atoms with Gasteiger partial charge in [-0.1, -0.05) is 0 Å². The SMILES string of the molecule is CC(=O)N[C@@H]1[C@@H](O)[C@H](O[C@@H]2O[C@H](CO)[C@@H](O[C@@H]3O[C@H](CO[C@H]4O[C@H](CO)[C@@H](O)[C@H](O)[C@@H]4O[C@@H]4O[C@H](CO)[C@@H](O[C@@H]5O[C@H](CO)[C@H](O)[C@H](O)[C@H]5O[C@H]5O[C@H](C)[C@H](O)[C@H](O)[C@H]5O)[C@H](O)[C@H]4NC(C)=O)[C@@H](O)[C@H](O[C@H]4O[C@H](CO)[C@@H](O)[C@H](O)[C@@H]4O[C@@H]4O[C@H](CO)[C@@H](O[C@@H]5O[C@H](CO)[C@H](O)[C@H](O)[C@H]5O[C@H]5O[C@H](C)[C@H](O)[C@H](O)[C@H]5O)[C@H](O)[C@H]4NC(C)=O)[C@@H]3O)[C@H](O)[C@H]2NC(C)=O)[C@@H](CO)O[C@H]1O. The number of ether oxygens (including phenoxy) is 21. The second kappa shape index (κ2) is 47.0. The highest BCUT2D eigenvalue weighted by Crippen LogP contribution is 2.42. The monoisotopic (exact) mass is 1930 g/mol. The molecule has 11 aliphatic heterocycles. The molecule has 11 aliphatic rings. The molecule has 4 amide bonds. The Hall–Kier alpha value is -4.12. The van der Waals surface area contributed by atoms with E-state index < -0.39 is 421 Å². The molecule has 55 atom stereocenters. The minimum atomic E-state index is -2.65. The molecule has 0 bridgehead atoms. The van der Waals surface area contributed by atoms with Crippen LogP contribution in [0.3, 0.4) is 0 Å². The maximum Gasteiger partial charge on any atom is 0.217 e. The molecule has 764 valence electrons. The van der Waals surface area contributed by atoms with Gasteiger partial charge < -0.3 is 269 Å². The Balaban J connectivity index is 0.913. The lowest BCUT2D eigenvalue weighted by atomic mass is 9.93. The normalized spacial score (nSPS) is 50.4. The van der Waals surface area contributed by atoms with Crippen molar-refractivity contribution in [2.24, 2.45) is 0 Å². The van der Waals surface area contributed by atoms with Gasteiger partial charge >= 0.3 is 0 Å². The molecule has 0 aromatic rings. The van der Waals surface area contributed by atoms with Crippen molar-refractivity contribution in [3.05, 3.63) is 0 Å². The molecule has 0 spiro atoms. The van der Waals surface area contributed by atoms with Crippen molar-refractivity contribution in [2.75, 3.05) is 59.5 Å². The van der Waals surface area contributed by atoms with E-state index in [1.54, 1.807) is 0 Å². The standard InChI is InChI=1S/C74H124N4O54/c1-16-35(91)46(102)52(108)68(113-16)131-62-50(106)39(95)23(8-80)117-72(62)126-57-28(13-85)121-66(33(44(57)100)77-20(5)89)129-60-48(104)37(93)22(7-79)116-71(60)112-15-30-41(97)59(54(110)70(123-30)125-56-27(12-84)120-65(32(43(56)99)76-19(4)88)124-55-26(11-83)115-64(111)31(42(55)98)75-18(3)87)128-74-61(49(105)38(94)25(10-82)119-74)130-67-34(78-21(6)90)45(101)58(29(14-86)122-67)127-73-63(51(107)40(96)24(9-81)118-73)132-69-53(109)47(103)36(92)17(2)114-69/h16-17,22-74,79-86,91-111H,7-15H2,1-6H3,(H,75,87)(H,76,88)(H,77,89)(H,78,90)/t16-,17-,22-,23-,24-,25-,26-,27-,28-,29-,30-,31-,32-,33-,34-,35+,36+,37-,38-,39+,40+,41-,42-,43-,44-,45-,46+,47+,48+,49+,50+,51+,52-,53-,54+,55-,56-,57-,58-,59+,60+,61+,62-,63-,64-,65+,66+,67+,68-,69-,70+,71+,72+,73+,74-/m1/s1. The van der Waals surface area contributed by atoms with Gasteiger partial charge in [-0.2, -0.15) is 0 Å². The number of aliphatic hydroxyl groups is 29. The fourth-order valence-electron chi connectivity index (χ4n) is 17.3. The van der Waals surface area contributed by atoms with E-state index in [9.17, 15) is 167 Å². The van der Waals surface area contributed by atoms with Gasteiger partial charge in [-0.05, 0) is 13.8 Å². The van der Waals surface area contributed by atoms with Gasteiger partial charge in [-0.15, -0.1) is 0 Å². The number of amides is 4. The highest BCUT2D eigenvalue weighted by Gasteiger charge is 2.63. The molecule has 58 heteroatoms. The lowest BCUT2D eigenvalue weighted by Gasteiger charge is -2.51. The van der Waals surface area contributed by atoms with Gasteiger partial charge in [0.1, 0.15) is 256 Å². The first-order valence-electron chi connectivity index (χ1n) is 42.4. The van der Waals surface area contributed by atoms with Crippen molar-refractivity contribution in [2.45, 2.75) is 379 Å². The Bertz CT molecular complexity index is 3610. The summed E-state index contributed by atoms with van der Waals surface area (Å²) in [6.45, 7) is -4.23. The van der Waals surface area contributed by atoms with Crippen molar-refractivity contribution in [1.29, 1.82) is 0 Å². The number of carbonyl (C=O) groups is 4. The smallest absolute Gasteiger partial charge is 0.217 e. The van der Waals surface area contributed by atoms with Crippen molar-refractivity contribution in [1.82, 2.24) is 21.3 Å². The zero-order chi connectivity index (χ0) is 97.1. The Kier molecular flexibility index (Phi) is 38.5. The molecule has 58 nitrogen and oxygen atoms in total. The molecule has 0 unspecified atom stereocenters. The van der Waals surface area contributed by atoms with Crippen LogP contribution in [-0.4, -0.2) is 569 Å². The lowest BCUT2D eigenvalue weighted by Crippen LogP contribution is -2.71. The van der Waals surface area contributed by atoms with Crippen LogP contribution in [-0.2, 0) is 119 Å². The van der Waals surface area contributed by atoms with Crippen molar-refractivity contribution in [3.63, 3.8) is 0 Å². The van der Waals surface area contributed by atoms with Crippen LogP contribution in [0, 0.1) is 0 Å². The maximum atomic E-state index is 13.3. The number of nitrogens with one attached hydrogen (secondary N) is 4. The fourth-order valence-corrected chi connectivity index (χ4v) is 17.3. The van der Waals surface area contributed by atoms with Crippen molar-refractivity contribution < 1.29 is 267 Å². The van der Waals surface area contributed by atoms with Gasteiger partial charge in [0.15, 0.2) is 69.2 Å². The fraction of sp³-hybridized carbons (Fsp3) is 0.946. The van der Waals surface area contributed by atoms with E-state index in [4.69, 9.17) is 99.5 Å². The topological polar surface area (TPSA) is 897 Å². The molecule has 11 fully saturated rings. The summed E-state index contributed by atoms with van der Waals surface area (Å²) in [6.07, 6.45) is -107. The van der Waals surface area contributed by atoms with E-state index >= 15 is 0 Å². The number of aliphatic hydroxyl groups excluding tert-OH is 29. The Labute approximate surface area is 748 Å². The quantitative estimate of drug-likeness (QED) is 0.0290. The van der Waals surface area contributed by atoms with Crippen LogP contribution >= 0.6 is 0 Å². The van der Waals surface area contributed by atoms with Gasteiger partial charge in [0.2, 0.25) is 23.6 Å². The summed E-state index contributed by atoms with van der Waals surface area (Å²) in [5, 5.41) is 336. The number of hydrogen-bond acceptors (Lipinski definition) is 54. The Morgan fingerprint density at radius 1 is 0.212 bits per heavy atom. The van der Waals surface area contributed by atoms with Gasteiger partial charge in [-0.3, -0.25) is 19.2 Å². The summed E-state index contributed by atoms with van der Waals surface area (Å²) in [7, 11) is 0. The van der Waals surface area contributed by atoms with Crippen LogP contribution < -0.4 is 21.3 Å². The molecule has 11 heterocycles. The first-order valence-corrected chi connectivity index (χ1v) is 42.4. The summed E-state index contributed by atoms with van der Waals surface area (Å²) in [4.78, 5) is 51.8. The number of hydrogen-bond donors (Lipinski definition) is 33. The van der Waals surface area contributed by atoms with Crippen LogP contribution in [0.5, 0.6) is 0 Å². The van der Waals surface area contributed by atoms with E-state index in [0.717, 1.165) is 27.7 Å². The van der Waals surface area contributed by atoms with Gasteiger partial charge in [0.25, 0.3) is 0 Å². The third kappa shape index (κ3) is 23.5. The third-order valence-electron chi connectivity index (χ3n) is 24.5. The summed E-state index contributed by atoms with van der Waals surface area (Å²) < 4.78 is 126. The molecule has 0 aromatic carbocycles. The molecular formula is C74H124N4O54. The average Bonchev–Trinajstić information content (AvgIpc) is 0.763. The Morgan fingerprint density at radius 2 is 0.447 bits per heavy atom. The van der Waals surface area contributed by atoms with Crippen molar-refractivity contribution >= 4 is 23.6 Å².